The highest BCUT2D eigenvalue weighted by atomic mass is 16.5. The zero-order chi connectivity index (χ0) is 17.5. The zero-order valence-corrected chi connectivity index (χ0v) is 14.5. The number of anilines is 1. The molecule has 0 aliphatic carbocycles. The van der Waals surface area contributed by atoms with E-state index < -0.39 is 0 Å². The molecule has 3 N–H and O–H groups in total. The van der Waals surface area contributed by atoms with Crippen molar-refractivity contribution >= 4 is 11.7 Å². The average Bonchev–Trinajstić information content (AvgIpc) is 3.15. The molecule has 2 aromatic rings. The number of ether oxygens (including phenoxy) is 1. The van der Waals surface area contributed by atoms with E-state index in [9.17, 15) is 4.79 Å². The van der Waals surface area contributed by atoms with Crippen molar-refractivity contribution < 1.29 is 9.53 Å². The largest absolute Gasteiger partial charge is 0.496 e. The predicted molar refractivity (Wildman–Crippen MR) is 101 cm³/mol. The smallest absolute Gasteiger partial charge is 0.319 e. The first-order valence-corrected chi connectivity index (χ1v) is 8.78. The van der Waals surface area contributed by atoms with Crippen molar-refractivity contribution in [1.29, 1.82) is 0 Å². The van der Waals surface area contributed by atoms with E-state index in [2.05, 4.69) is 16.0 Å². The summed E-state index contributed by atoms with van der Waals surface area (Å²) in [6.07, 6.45) is 3.39. The molecule has 1 atom stereocenters. The summed E-state index contributed by atoms with van der Waals surface area (Å²) in [5, 5.41) is 9.26. The van der Waals surface area contributed by atoms with Gasteiger partial charge in [-0.1, -0.05) is 30.3 Å². The van der Waals surface area contributed by atoms with E-state index in [-0.39, 0.29) is 6.03 Å². The highest BCUT2D eigenvalue weighted by molar-refractivity contribution is 5.90. The van der Waals surface area contributed by atoms with Crippen LogP contribution >= 0.6 is 0 Å². The molecule has 1 fully saturated rings. The summed E-state index contributed by atoms with van der Waals surface area (Å²) in [6, 6.07) is 16.0. The van der Waals surface area contributed by atoms with E-state index in [4.69, 9.17) is 4.74 Å². The third-order valence-corrected chi connectivity index (χ3v) is 4.48. The fraction of sp³-hybridized carbons (Fsp3) is 0.350. The number of hydrogen-bond donors (Lipinski definition) is 3. The lowest BCUT2D eigenvalue weighted by molar-refractivity contribution is 0.251. The summed E-state index contributed by atoms with van der Waals surface area (Å²) in [6.45, 7) is 1.77. The van der Waals surface area contributed by atoms with Crippen LogP contribution in [0.25, 0.3) is 11.1 Å². The highest BCUT2D eigenvalue weighted by Crippen LogP contribution is 2.30. The molecule has 0 aromatic heterocycles. The van der Waals surface area contributed by atoms with Gasteiger partial charge in [-0.2, -0.15) is 0 Å². The van der Waals surface area contributed by atoms with Gasteiger partial charge in [0.25, 0.3) is 0 Å². The van der Waals surface area contributed by atoms with Crippen molar-refractivity contribution in [2.75, 3.05) is 25.5 Å². The minimum Gasteiger partial charge on any atom is -0.496 e. The first-order chi connectivity index (χ1) is 12.3. The van der Waals surface area contributed by atoms with Crippen LogP contribution in [-0.4, -0.2) is 32.3 Å². The number of urea groups is 1. The standard InChI is InChI=1S/C20H25N3O2/c1-25-19-10-3-2-9-18(19)15-6-4-7-17(14-15)23-20(24)22-13-11-16-8-5-12-21-16/h2-4,6-7,9-10,14,16,21H,5,8,11-13H2,1H3,(H2,22,23,24). The van der Waals surface area contributed by atoms with E-state index in [0.29, 0.717) is 12.6 Å². The molecule has 5 heteroatoms. The van der Waals surface area contributed by atoms with Gasteiger partial charge < -0.3 is 20.7 Å². The Morgan fingerprint density at radius 2 is 2.12 bits per heavy atom. The second kappa shape index (κ2) is 8.53. The van der Waals surface area contributed by atoms with Gasteiger partial charge in [-0.05, 0) is 49.6 Å². The monoisotopic (exact) mass is 339 g/mol. The third-order valence-electron chi connectivity index (χ3n) is 4.48. The van der Waals surface area contributed by atoms with Gasteiger partial charge in [-0.15, -0.1) is 0 Å². The van der Waals surface area contributed by atoms with Crippen molar-refractivity contribution in [2.45, 2.75) is 25.3 Å². The number of para-hydroxylation sites is 1. The molecule has 2 amide bonds. The lowest BCUT2D eigenvalue weighted by atomic mass is 10.0. The highest BCUT2D eigenvalue weighted by Gasteiger charge is 2.13. The first-order valence-electron chi connectivity index (χ1n) is 8.78. The molecule has 0 bridgehead atoms. The SMILES string of the molecule is COc1ccccc1-c1cccc(NC(=O)NCCC2CCCN2)c1. The Morgan fingerprint density at radius 1 is 1.24 bits per heavy atom. The van der Waals surface area contributed by atoms with Crippen LogP contribution < -0.4 is 20.7 Å². The summed E-state index contributed by atoms with van der Waals surface area (Å²) in [5.41, 5.74) is 2.77. The van der Waals surface area contributed by atoms with Crippen LogP contribution in [0.4, 0.5) is 10.5 Å². The molecule has 3 rings (SSSR count). The minimum atomic E-state index is -0.171. The molecular weight excluding hydrogens is 314 g/mol. The number of nitrogens with one attached hydrogen (secondary N) is 3. The molecule has 1 saturated heterocycles. The van der Waals surface area contributed by atoms with Crippen molar-refractivity contribution in [2.24, 2.45) is 0 Å². The number of rotatable bonds is 6. The molecule has 1 unspecified atom stereocenters. The van der Waals surface area contributed by atoms with E-state index in [0.717, 1.165) is 35.5 Å². The van der Waals surface area contributed by atoms with E-state index in [1.807, 2.05) is 48.5 Å². The molecule has 2 aromatic carbocycles. The Bertz CT molecular complexity index is 712. The van der Waals surface area contributed by atoms with Gasteiger partial charge in [0.05, 0.1) is 7.11 Å². The molecule has 25 heavy (non-hydrogen) atoms. The summed E-state index contributed by atoms with van der Waals surface area (Å²) in [4.78, 5) is 12.1. The summed E-state index contributed by atoms with van der Waals surface area (Å²) < 4.78 is 5.42. The van der Waals surface area contributed by atoms with Crippen molar-refractivity contribution in [3.05, 3.63) is 48.5 Å². The second-order valence-corrected chi connectivity index (χ2v) is 6.24. The van der Waals surface area contributed by atoms with Crippen LogP contribution in [0.1, 0.15) is 19.3 Å². The maximum atomic E-state index is 12.1. The Hall–Kier alpha value is -2.53. The Labute approximate surface area is 148 Å². The minimum absolute atomic E-state index is 0.171. The Kier molecular flexibility index (Phi) is 5.90. The number of methoxy groups -OCH3 is 1. The fourth-order valence-corrected chi connectivity index (χ4v) is 3.19. The first kappa shape index (κ1) is 17.3. The van der Waals surface area contributed by atoms with Gasteiger partial charge in [0.1, 0.15) is 5.75 Å². The summed E-state index contributed by atoms with van der Waals surface area (Å²) in [7, 11) is 1.66. The number of hydrogen-bond acceptors (Lipinski definition) is 3. The average molecular weight is 339 g/mol. The van der Waals surface area contributed by atoms with Gasteiger partial charge in [-0.25, -0.2) is 4.79 Å². The normalized spacial score (nSPS) is 16.4. The van der Waals surface area contributed by atoms with Gasteiger partial charge >= 0.3 is 6.03 Å². The van der Waals surface area contributed by atoms with E-state index in [1.54, 1.807) is 7.11 Å². The van der Waals surface area contributed by atoms with Crippen LogP contribution in [0, 0.1) is 0 Å². The predicted octanol–water partition coefficient (Wildman–Crippen LogP) is 3.63. The Morgan fingerprint density at radius 3 is 2.92 bits per heavy atom. The quantitative estimate of drug-likeness (QED) is 0.753. The lowest BCUT2D eigenvalue weighted by Gasteiger charge is -2.13. The van der Waals surface area contributed by atoms with E-state index in [1.165, 1.54) is 12.8 Å². The number of benzene rings is 2. The maximum absolute atomic E-state index is 12.1. The third kappa shape index (κ3) is 4.73. The Balaban J connectivity index is 1.58. The molecule has 1 aliphatic rings. The molecule has 1 aliphatic heterocycles. The van der Waals surface area contributed by atoms with Crippen LogP contribution in [0.2, 0.25) is 0 Å². The molecule has 5 nitrogen and oxygen atoms in total. The molecule has 0 saturated carbocycles. The molecule has 132 valence electrons. The number of carbonyl (C=O) groups is 1. The van der Waals surface area contributed by atoms with Crippen molar-refractivity contribution in [1.82, 2.24) is 10.6 Å². The summed E-state index contributed by atoms with van der Waals surface area (Å²) in [5.74, 6) is 0.813. The molecular formula is C20H25N3O2. The molecule has 0 spiro atoms. The zero-order valence-electron chi connectivity index (χ0n) is 14.5. The van der Waals surface area contributed by atoms with Gasteiger partial charge in [0.2, 0.25) is 0 Å². The van der Waals surface area contributed by atoms with Crippen molar-refractivity contribution in [3.8, 4) is 16.9 Å². The van der Waals surface area contributed by atoms with E-state index >= 15 is 0 Å². The molecule has 0 radical (unpaired) electrons. The number of amides is 2. The van der Waals surface area contributed by atoms with Crippen LogP contribution in [0.3, 0.4) is 0 Å². The van der Waals surface area contributed by atoms with Gasteiger partial charge in [0.15, 0.2) is 0 Å². The van der Waals surface area contributed by atoms with Crippen LogP contribution in [0.15, 0.2) is 48.5 Å². The summed E-state index contributed by atoms with van der Waals surface area (Å²) >= 11 is 0. The van der Waals surface area contributed by atoms with Crippen LogP contribution in [0.5, 0.6) is 5.75 Å². The van der Waals surface area contributed by atoms with Gasteiger partial charge in [-0.3, -0.25) is 0 Å². The van der Waals surface area contributed by atoms with Gasteiger partial charge in [0, 0.05) is 23.8 Å². The van der Waals surface area contributed by atoms with Crippen molar-refractivity contribution in [3.63, 3.8) is 0 Å². The van der Waals surface area contributed by atoms with Crippen LogP contribution in [-0.2, 0) is 0 Å². The lowest BCUT2D eigenvalue weighted by Crippen LogP contribution is -2.33. The number of carbonyl (C=O) groups excluding carboxylic acids is 1. The molecule has 1 heterocycles. The fourth-order valence-electron chi connectivity index (χ4n) is 3.19. The second-order valence-electron chi connectivity index (χ2n) is 6.24. The maximum Gasteiger partial charge on any atom is 0.319 e. The topological polar surface area (TPSA) is 62.4 Å².